The Hall–Kier alpha value is -2.75. The summed E-state index contributed by atoms with van der Waals surface area (Å²) in [6.07, 6.45) is 2.04. The van der Waals surface area contributed by atoms with Crippen LogP contribution < -0.4 is 0 Å². The van der Waals surface area contributed by atoms with Gasteiger partial charge < -0.3 is 4.74 Å². The van der Waals surface area contributed by atoms with Gasteiger partial charge in [0.25, 0.3) is 0 Å². The fourth-order valence-electron chi connectivity index (χ4n) is 3.36. The molecular weight excluding hydrogens is 340 g/mol. The largest absolute Gasteiger partial charge is 0.466 e. The second-order valence-electron chi connectivity index (χ2n) is 7.60. The second-order valence-corrected chi connectivity index (χ2v) is 7.60. The standard InChI is InChI=1S/C23H24O4/c1-4-5-12-27-20(24)14-23(2,3)15-10-11-18-19(13-15)22(26)17-9-7-6-8-16(17)21(18)25/h6-11,13H,4-5,12,14H2,1-3H3. The molecule has 4 heteroatoms. The Balaban J connectivity index is 1.88. The third-order valence-electron chi connectivity index (χ3n) is 5.05. The second kappa shape index (κ2) is 7.47. The van der Waals surface area contributed by atoms with Crippen LogP contribution in [0.2, 0.25) is 0 Å². The summed E-state index contributed by atoms with van der Waals surface area (Å²) in [5.74, 6) is -0.536. The normalized spacial score (nSPS) is 13.1. The fraction of sp³-hybridized carbons (Fsp3) is 0.348. The maximum atomic E-state index is 12.9. The van der Waals surface area contributed by atoms with E-state index in [0.29, 0.717) is 28.9 Å². The lowest BCUT2D eigenvalue weighted by molar-refractivity contribution is -0.145. The monoisotopic (exact) mass is 364 g/mol. The van der Waals surface area contributed by atoms with Crippen molar-refractivity contribution in [2.24, 2.45) is 0 Å². The average molecular weight is 364 g/mol. The molecule has 0 spiro atoms. The SMILES string of the molecule is CCCCOC(=O)CC(C)(C)c1ccc2c(c1)C(=O)c1ccccc1C2=O. The fourth-order valence-corrected chi connectivity index (χ4v) is 3.36. The number of carbonyl (C=O) groups is 3. The maximum absolute atomic E-state index is 12.9. The molecule has 0 aromatic heterocycles. The lowest BCUT2D eigenvalue weighted by atomic mass is 9.77. The van der Waals surface area contributed by atoms with E-state index in [9.17, 15) is 14.4 Å². The molecule has 27 heavy (non-hydrogen) atoms. The van der Waals surface area contributed by atoms with Crippen LogP contribution >= 0.6 is 0 Å². The van der Waals surface area contributed by atoms with Gasteiger partial charge in [-0.15, -0.1) is 0 Å². The highest BCUT2D eigenvalue weighted by Crippen LogP contribution is 2.33. The lowest BCUT2D eigenvalue weighted by Gasteiger charge is -2.26. The molecular formula is C23H24O4. The summed E-state index contributed by atoms with van der Waals surface area (Å²) in [6.45, 7) is 6.36. The van der Waals surface area contributed by atoms with Gasteiger partial charge in [-0.05, 0) is 24.1 Å². The zero-order chi connectivity index (χ0) is 19.6. The molecule has 1 aliphatic carbocycles. The van der Waals surface area contributed by atoms with Crippen molar-refractivity contribution in [1.82, 2.24) is 0 Å². The van der Waals surface area contributed by atoms with E-state index in [-0.39, 0.29) is 24.0 Å². The van der Waals surface area contributed by atoms with Crippen molar-refractivity contribution in [2.45, 2.75) is 45.4 Å². The highest BCUT2D eigenvalue weighted by Gasteiger charge is 2.32. The van der Waals surface area contributed by atoms with Gasteiger partial charge in [-0.2, -0.15) is 0 Å². The van der Waals surface area contributed by atoms with Crippen molar-refractivity contribution in [3.63, 3.8) is 0 Å². The zero-order valence-electron chi connectivity index (χ0n) is 16.0. The van der Waals surface area contributed by atoms with E-state index >= 15 is 0 Å². The Morgan fingerprint density at radius 1 is 0.926 bits per heavy atom. The summed E-state index contributed by atoms with van der Waals surface area (Å²) in [4.78, 5) is 37.7. The first-order valence-electron chi connectivity index (χ1n) is 9.33. The van der Waals surface area contributed by atoms with Gasteiger partial charge in [-0.1, -0.05) is 57.5 Å². The van der Waals surface area contributed by atoms with Crippen LogP contribution in [0, 0.1) is 0 Å². The van der Waals surface area contributed by atoms with E-state index < -0.39 is 5.41 Å². The quantitative estimate of drug-likeness (QED) is 0.478. The smallest absolute Gasteiger partial charge is 0.306 e. The van der Waals surface area contributed by atoms with Crippen molar-refractivity contribution < 1.29 is 19.1 Å². The molecule has 0 saturated carbocycles. The molecule has 0 heterocycles. The van der Waals surface area contributed by atoms with Crippen LogP contribution in [0.1, 0.15) is 77.4 Å². The number of ether oxygens (including phenoxy) is 1. The summed E-state index contributed by atoms with van der Waals surface area (Å²) in [5.41, 5.74) is 2.05. The number of carbonyl (C=O) groups excluding carboxylic acids is 3. The van der Waals surface area contributed by atoms with E-state index in [1.165, 1.54) is 0 Å². The Labute approximate surface area is 159 Å². The van der Waals surface area contributed by atoms with Crippen LogP contribution in [0.3, 0.4) is 0 Å². The van der Waals surface area contributed by atoms with E-state index in [1.54, 1.807) is 36.4 Å². The topological polar surface area (TPSA) is 60.4 Å². The summed E-state index contributed by atoms with van der Waals surface area (Å²) in [7, 11) is 0. The number of fused-ring (bicyclic) bond motifs is 2. The number of esters is 1. The van der Waals surface area contributed by atoms with Crippen LogP contribution in [-0.2, 0) is 14.9 Å². The average Bonchev–Trinajstić information content (AvgIpc) is 2.65. The predicted octanol–water partition coefficient (Wildman–Crippen LogP) is 4.47. The Morgan fingerprint density at radius 2 is 1.52 bits per heavy atom. The van der Waals surface area contributed by atoms with Gasteiger partial charge >= 0.3 is 5.97 Å². The summed E-state index contributed by atoms with van der Waals surface area (Å²) in [6, 6.07) is 12.2. The molecule has 2 aromatic rings. The van der Waals surface area contributed by atoms with Crippen LogP contribution in [0.15, 0.2) is 42.5 Å². The molecule has 0 bridgehead atoms. The molecule has 0 unspecified atom stereocenters. The van der Waals surface area contributed by atoms with Crippen molar-refractivity contribution >= 4 is 17.5 Å². The summed E-state index contributed by atoms with van der Waals surface area (Å²) >= 11 is 0. The van der Waals surface area contributed by atoms with Gasteiger partial charge in [-0.25, -0.2) is 0 Å². The lowest BCUT2D eigenvalue weighted by Crippen LogP contribution is -2.26. The molecule has 0 radical (unpaired) electrons. The predicted molar refractivity (Wildman–Crippen MR) is 103 cm³/mol. The van der Waals surface area contributed by atoms with Gasteiger partial charge in [0.05, 0.1) is 13.0 Å². The van der Waals surface area contributed by atoms with Crippen molar-refractivity contribution in [3.8, 4) is 0 Å². The van der Waals surface area contributed by atoms with Crippen molar-refractivity contribution in [3.05, 3.63) is 70.3 Å². The van der Waals surface area contributed by atoms with E-state index in [1.807, 2.05) is 26.8 Å². The molecule has 0 amide bonds. The van der Waals surface area contributed by atoms with Crippen LogP contribution in [-0.4, -0.2) is 24.1 Å². The molecule has 1 aliphatic rings. The van der Waals surface area contributed by atoms with Gasteiger partial charge in [0.2, 0.25) is 0 Å². The van der Waals surface area contributed by atoms with Crippen LogP contribution in [0.25, 0.3) is 0 Å². The third kappa shape index (κ3) is 3.70. The first kappa shape index (κ1) is 19.0. The highest BCUT2D eigenvalue weighted by molar-refractivity contribution is 6.28. The number of unbranched alkanes of at least 4 members (excludes halogenated alkanes) is 1. The molecule has 0 fully saturated rings. The minimum absolute atomic E-state index is 0.136. The molecule has 4 nitrogen and oxygen atoms in total. The van der Waals surface area contributed by atoms with Gasteiger partial charge in [0.15, 0.2) is 11.6 Å². The zero-order valence-corrected chi connectivity index (χ0v) is 16.0. The van der Waals surface area contributed by atoms with E-state index in [4.69, 9.17) is 4.74 Å². The summed E-state index contributed by atoms with van der Waals surface area (Å²) in [5, 5.41) is 0. The first-order valence-corrected chi connectivity index (χ1v) is 9.33. The number of ketones is 2. The number of hydrogen-bond acceptors (Lipinski definition) is 4. The number of hydrogen-bond donors (Lipinski definition) is 0. The van der Waals surface area contributed by atoms with E-state index in [0.717, 1.165) is 18.4 Å². The molecule has 0 aliphatic heterocycles. The van der Waals surface area contributed by atoms with E-state index in [2.05, 4.69) is 0 Å². The molecule has 140 valence electrons. The van der Waals surface area contributed by atoms with Gasteiger partial charge in [0, 0.05) is 27.7 Å². The Kier molecular flexibility index (Phi) is 5.26. The highest BCUT2D eigenvalue weighted by atomic mass is 16.5. The maximum Gasteiger partial charge on any atom is 0.306 e. The number of benzene rings is 2. The molecule has 0 N–H and O–H groups in total. The third-order valence-corrected chi connectivity index (χ3v) is 5.05. The number of rotatable bonds is 6. The minimum atomic E-state index is -0.501. The van der Waals surface area contributed by atoms with Gasteiger partial charge in [0.1, 0.15) is 0 Å². The molecule has 0 saturated heterocycles. The van der Waals surface area contributed by atoms with Crippen molar-refractivity contribution in [1.29, 1.82) is 0 Å². The van der Waals surface area contributed by atoms with Crippen LogP contribution in [0.4, 0.5) is 0 Å². The van der Waals surface area contributed by atoms with Gasteiger partial charge in [-0.3, -0.25) is 14.4 Å². The Morgan fingerprint density at radius 3 is 2.15 bits per heavy atom. The molecule has 2 aromatic carbocycles. The van der Waals surface area contributed by atoms with Crippen molar-refractivity contribution in [2.75, 3.05) is 6.61 Å². The van der Waals surface area contributed by atoms with Crippen LogP contribution in [0.5, 0.6) is 0 Å². The summed E-state index contributed by atoms with van der Waals surface area (Å²) < 4.78 is 5.28. The Bertz CT molecular complexity index is 908. The molecule has 0 atom stereocenters. The first-order chi connectivity index (χ1) is 12.8. The minimum Gasteiger partial charge on any atom is -0.466 e. The molecule has 3 rings (SSSR count).